The Hall–Kier alpha value is -4.37. The summed E-state index contributed by atoms with van der Waals surface area (Å²) in [6.07, 6.45) is -59.1. The Labute approximate surface area is 692 Å². The summed E-state index contributed by atoms with van der Waals surface area (Å²) >= 11 is 0. The number of aliphatic carboxylic acids is 1. The zero-order chi connectivity index (χ0) is 87.4. The van der Waals surface area contributed by atoms with E-state index in [1.54, 1.807) is 24.3 Å². The second kappa shape index (κ2) is 36.0. The molecule has 11 fully saturated rings. The number of ether oxygens (including phenoxy) is 16. The molecule has 0 aromatic heterocycles. The zero-order valence-corrected chi connectivity index (χ0v) is 68.5. The van der Waals surface area contributed by atoms with Gasteiger partial charge < -0.3 is 178 Å². The van der Waals surface area contributed by atoms with Gasteiger partial charge in [0.25, 0.3) is 0 Å². The molecule has 4 saturated carbocycles. The second-order valence-electron chi connectivity index (χ2n) is 36.5. The number of carbonyl (C=O) groups excluding carboxylic acids is 2. The van der Waals surface area contributed by atoms with Crippen molar-refractivity contribution in [3.05, 3.63) is 47.6 Å². The number of hydrogen-bond acceptors (Lipinski definition) is 38. The Morgan fingerprint density at radius 3 is 1.55 bits per heavy atom. The number of rotatable bonds is 22. The van der Waals surface area contributed by atoms with E-state index in [9.17, 15) is 112 Å². The van der Waals surface area contributed by atoms with Crippen LogP contribution in [0.2, 0.25) is 0 Å². The molecule has 0 bridgehead atoms. The summed E-state index contributed by atoms with van der Waals surface area (Å²) in [7, 11) is 1.47. The number of fused-ring (bicyclic) bond motifs is 7. The maximum absolute atomic E-state index is 16.7. The Kier molecular flexibility index (Phi) is 28.0. The molecule has 0 spiro atoms. The van der Waals surface area contributed by atoms with Crippen molar-refractivity contribution in [3.8, 4) is 5.75 Å². The number of aliphatic hydroxyl groups excluding tert-OH is 19. The van der Waals surface area contributed by atoms with Gasteiger partial charge in [0.1, 0.15) is 140 Å². The molecule has 0 amide bonds. The summed E-state index contributed by atoms with van der Waals surface area (Å²) in [6, 6.07) is 6.57. The lowest BCUT2D eigenvalue weighted by atomic mass is 9.33. The number of carbonyl (C=O) groups is 3. The molecule has 1 aromatic carbocycles. The summed E-state index contributed by atoms with van der Waals surface area (Å²) in [4.78, 5) is 45.2. The van der Waals surface area contributed by atoms with Gasteiger partial charge in [-0.3, -0.25) is 9.59 Å². The van der Waals surface area contributed by atoms with Crippen molar-refractivity contribution in [2.75, 3.05) is 33.5 Å². The lowest BCUT2D eigenvalue weighted by Gasteiger charge is -2.71. The predicted octanol–water partition coefficient (Wildman–Crippen LogP) is -4.53. The molecule has 5 aliphatic carbocycles. The van der Waals surface area contributed by atoms with Crippen molar-refractivity contribution >= 4 is 24.0 Å². The minimum atomic E-state index is -2.30. The maximum Gasteiger partial charge on any atom is 0.331 e. The van der Waals surface area contributed by atoms with Crippen LogP contribution in [0.15, 0.2) is 42.0 Å². The average molecular weight is 1720 g/mol. The smallest absolute Gasteiger partial charge is 0.331 e. The molecule has 0 radical (unpaired) electrons. The van der Waals surface area contributed by atoms with Crippen molar-refractivity contribution in [2.45, 2.75) is 341 Å². The average Bonchev–Trinajstić information content (AvgIpc) is 0.666. The lowest BCUT2D eigenvalue weighted by molar-refractivity contribution is -0.404. The molecule has 39 nitrogen and oxygen atoms in total. The van der Waals surface area contributed by atoms with Gasteiger partial charge in [0, 0.05) is 11.5 Å². The third kappa shape index (κ3) is 16.6. The Morgan fingerprint density at radius 1 is 0.483 bits per heavy atom. The number of aliphatic hydroxyl groups is 19. The summed E-state index contributed by atoms with van der Waals surface area (Å²) < 4.78 is 99.1. The number of hydrogen-bond donors (Lipinski definition) is 20. The van der Waals surface area contributed by atoms with Gasteiger partial charge in [0.2, 0.25) is 6.29 Å². The van der Waals surface area contributed by atoms with Gasteiger partial charge >= 0.3 is 17.9 Å². The molecular weight excluding hydrogens is 1600 g/mol. The molecule has 0 unspecified atom stereocenters. The Morgan fingerprint density at radius 2 is 0.983 bits per heavy atom. The molecule has 1 aromatic rings. The van der Waals surface area contributed by atoms with Crippen LogP contribution >= 0.6 is 0 Å². The van der Waals surface area contributed by atoms with Crippen molar-refractivity contribution in [1.29, 1.82) is 0 Å². The van der Waals surface area contributed by atoms with E-state index >= 15 is 4.79 Å². The summed E-state index contributed by atoms with van der Waals surface area (Å²) in [6.45, 7) is 12.3. The highest BCUT2D eigenvalue weighted by atomic mass is 16.8. The third-order valence-corrected chi connectivity index (χ3v) is 29.0. The molecule has 7 saturated heterocycles. The van der Waals surface area contributed by atoms with Gasteiger partial charge in [-0.1, -0.05) is 51.5 Å². The van der Waals surface area contributed by atoms with Crippen LogP contribution in [0.3, 0.4) is 0 Å². The predicted molar refractivity (Wildman–Crippen MR) is 400 cm³/mol. The van der Waals surface area contributed by atoms with E-state index in [1.165, 1.54) is 47.8 Å². The van der Waals surface area contributed by atoms with Gasteiger partial charge in [0.05, 0.1) is 74.9 Å². The van der Waals surface area contributed by atoms with Crippen molar-refractivity contribution in [3.63, 3.8) is 0 Å². The minimum Gasteiger partial charge on any atom is -0.497 e. The largest absolute Gasteiger partial charge is 0.497 e. The fourth-order valence-corrected chi connectivity index (χ4v) is 21.9. The number of carboxylic acids is 1. The normalized spacial score (nSPS) is 50.9. The lowest BCUT2D eigenvalue weighted by Crippen LogP contribution is -2.71. The molecule has 7 heterocycles. The SMILES string of the molecule is COc1ccc(C=CC(=O)O[C@@H]2[C@H](O[C@@H]3O[C@@H](C)[C@H](O)[C@@H](O)[C@H]3O)[C@@H](O[C@@H]3O[C@@H](C)[C@H](O[C@@H]4OC[C@@H](O[C@@H]5O[C@H](CO)[C@H](O)[C@H](O)[C@H]5O)[C@H](O)[C@H]4O)[C@@H](O[C@@H]4O[C@@H](C)[C@H](O)[C@@H](O)[C@H]4O)[C@H]3O)[C@H](OC(=O)[C@]34CCC(C)(C)C[C@H]3C3=CC[C@@H]5[C@@]6(C)C[C@H](O)[C@H](O[C@@H]7O[C@H](CO)[C@@H](O)[C@H](O)[C@H]7O)[C@@](C)(C(=O)O)[C@@H]6CC[C@@]5(C)[C@]3(CO)CC4)O[C@@H]2C)cc1. The fourth-order valence-electron chi connectivity index (χ4n) is 21.9. The number of carboxylic acid groups (broad SMARTS) is 1. The van der Waals surface area contributed by atoms with Crippen LogP contribution in [0.5, 0.6) is 5.75 Å². The first-order valence-electron chi connectivity index (χ1n) is 41.4. The van der Waals surface area contributed by atoms with E-state index in [4.69, 9.17) is 75.8 Å². The highest BCUT2D eigenvalue weighted by molar-refractivity contribution is 5.87. The van der Waals surface area contributed by atoms with Crippen LogP contribution in [-0.2, 0) is 85.4 Å². The zero-order valence-electron chi connectivity index (χ0n) is 68.5. The van der Waals surface area contributed by atoms with E-state index in [0.717, 1.165) is 11.6 Å². The number of allylic oxidation sites excluding steroid dienone is 1. The topological polar surface area (TPSA) is 603 Å². The minimum absolute atomic E-state index is 0.0380. The van der Waals surface area contributed by atoms with Gasteiger partial charge in [-0.2, -0.15) is 0 Å². The van der Waals surface area contributed by atoms with E-state index < -0.39 is 316 Å². The molecule has 39 heteroatoms. The van der Waals surface area contributed by atoms with Crippen LogP contribution in [0.4, 0.5) is 0 Å². The van der Waals surface area contributed by atoms with Crippen LogP contribution in [-0.4, -0.2) is 375 Å². The molecule has 13 rings (SSSR count). The van der Waals surface area contributed by atoms with E-state index in [0.29, 0.717) is 30.6 Å². The summed E-state index contributed by atoms with van der Waals surface area (Å²) in [5, 5.41) is 225. The van der Waals surface area contributed by atoms with Crippen LogP contribution in [0.1, 0.15) is 126 Å². The first-order valence-corrected chi connectivity index (χ1v) is 41.4. The van der Waals surface area contributed by atoms with Crippen LogP contribution in [0, 0.1) is 50.2 Å². The van der Waals surface area contributed by atoms with Crippen molar-refractivity contribution < 1.29 is 192 Å². The standard InChI is InChI=1S/C81H122O39/c1-31-46(87)51(92)56(97)68(107-31)116-63-60(101)72(109-33(3)61(63)115-67-55(96)50(91)42(29-106-67)113-70-58(99)53(94)48(89)40(27-82)111-70)118-65-64(117-69-57(98)52(93)47(88)32(2)108-69)62(114-45(86)18-13-35-11-14-36(105-10)15-12-35)34(4)110-73(65)120-75(104)80-22-21-76(5,6)25-38(80)37-16-17-43-77(7)26-39(85)66(119-71-59(100)54(95)49(90)41(28-83)112-71)79(9,74(102)103)44(77)19-20-78(43,8)81(37,30-84)24-23-80/h11-16,18,31-34,38-44,46-73,82-85,87-101H,17,19-30H2,1-10H3,(H,102,103)/t31-,32-,33-,34+,38-,39-,40+,41+,42+,43+,44+,46-,47-,48-,49+,50-,51+,52+,53-,54-,55+,56+,57+,58+,59+,60+,61-,62-,63-,64-,65+,66-,67-,68-,69-,70-,71-,72-,73-,77+,78+,79-,80-,81-/m0/s1. The van der Waals surface area contributed by atoms with Gasteiger partial charge in [0.15, 0.2) is 49.9 Å². The first-order chi connectivity index (χ1) is 56.5. The van der Waals surface area contributed by atoms with Crippen LogP contribution < -0.4 is 4.74 Å². The molecule has 680 valence electrons. The number of esters is 2. The van der Waals surface area contributed by atoms with E-state index in [1.807, 2.05) is 26.8 Å². The molecule has 120 heavy (non-hydrogen) atoms. The third-order valence-electron chi connectivity index (χ3n) is 29.0. The molecule has 20 N–H and O–H groups in total. The number of benzene rings is 1. The van der Waals surface area contributed by atoms with Gasteiger partial charge in [-0.25, -0.2) is 4.79 Å². The summed E-state index contributed by atoms with van der Waals surface area (Å²) in [5.74, 6) is -4.72. The Bertz CT molecular complexity index is 3740. The number of methoxy groups -OCH3 is 1. The van der Waals surface area contributed by atoms with E-state index in [-0.39, 0.29) is 38.5 Å². The maximum atomic E-state index is 16.7. The fraction of sp³-hybridized carbons (Fsp3) is 0.840. The van der Waals surface area contributed by atoms with Crippen LogP contribution in [0.25, 0.3) is 6.08 Å². The van der Waals surface area contributed by atoms with Gasteiger partial charge in [-0.05, 0) is 150 Å². The quantitative estimate of drug-likeness (QED) is 0.0225. The highest BCUT2D eigenvalue weighted by Crippen LogP contribution is 2.76. The molecular formula is C81H122O39. The monoisotopic (exact) mass is 1720 g/mol. The first kappa shape index (κ1) is 93.3. The highest BCUT2D eigenvalue weighted by Gasteiger charge is 2.74. The Balaban J connectivity index is 0.854. The summed E-state index contributed by atoms with van der Waals surface area (Å²) in [5.41, 5.74) is -5.75. The van der Waals surface area contributed by atoms with Crippen molar-refractivity contribution in [1.82, 2.24) is 0 Å². The van der Waals surface area contributed by atoms with Crippen molar-refractivity contribution in [2.24, 2.45) is 50.2 Å². The molecule has 44 atom stereocenters. The second-order valence-corrected chi connectivity index (χ2v) is 36.5. The molecule has 7 aliphatic heterocycles. The molecule has 12 aliphatic rings. The van der Waals surface area contributed by atoms with Gasteiger partial charge in [-0.15, -0.1) is 0 Å². The van der Waals surface area contributed by atoms with E-state index in [2.05, 4.69) is 6.92 Å².